The van der Waals surface area contributed by atoms with Gasteiger partial charge in [-0.1, -0.05) is 37.8 Å². The van der Waals surface area contributed by atoms with Crippen molar-refractivity contribution in [3.05, 3.63) is 34.3 Å². The summed E-state index contributed by atoms with van der Waals surface area (Å²) in [4.78, 5) is 25.1. The maximum atomic E-state index is 12.6. The van der Waals surface area contributed by atoms with Crippen LogP contribution in [0.4, 0.5) is 0 Å². The summed E-state index contributed by atoms with van der Waals surface area (Å²) in [6.45, 7) is 0.545. The molecule has 1 aliphatic carbocycles. The summed E-state index contributed by atoms with van der Waals surface area (Å²) in [6.07, 6.45) is 6.98. The minimum Gasteiger partial charge on any atom is -0.354 e. The van der Waals surface area contributed by atoms with Crippen LogP contribution in [0.2, 0.25) is 0 Å². The molecule has 1 fully saturated rings. The van der Waals surface area contributed by atoms with Gasteiger partial charge in [-0.05, 0) is 46.8 Å². The highest BCUT2D eigenvalue weighted by Gasteiger charge is 2.24. The fraction of sp³-hybridized carbons (Fsp3) is 0.579. The Balaban J connectivity index is 1.97. The summed E-state index contributed by atoms with van der Waals surface area (Å²) >= 11 is 3.32. The SMILES string of the molecule is CS(=O)(=O)CCC(NC(=O)c1ccccc1Br)C(=O)NCCC1CCCC1. The van der Waals surface area contributed by atoms with E-state index in [0.717, 1.165) is 12.7 Å². The monoisotopic (exact) mass is 458 g/mol. The topological polar surface area (TPSA) is 92.3 Å². The Labute approximate surface area is 169 Å². The third-order valence-corrected chi connectivity index (χ3v) is 6.51. The van der Waals surface area contributed by atoms with Crippen LogP contribution in [0.15, 0.2) is 28.7 Å². The van der Waals surface area contributed by atoms with Gasteiger partial charge >= 0.3 is 0 Å². The van der Waals surface area contributed by atoms with E-state index in [1.54, 1.807) is 24.3 Å². The smallest absolute Gasteiger partial charge is 0.253 e. The van der Waals surface area contributed by atoms with Crippen LogP contribution in [-0.2, 0) is 14.6 Å². The number of halogens is 1. The van der Waals surface area contributed by atoms with Gasteiger partial charge in [0.25, 0.3) is 5.91 Å². The number of amides is 2. The molecule has 1 unspecified atom stereocenters. The molecule has 2 N–H and O–H groups in total. The van der Waals surface area contributed by atoms with Gasteiger partial charge in [0.2, 0.25) is 5.91 Å². The molecule has 2 amide bonds. The van der Waals surface area contributed by atoms with Crippen molar-refractivity contribution < 1.29 is 18.0 Å². The third-order valence-electron chi connectivity index (χ3n) is 4.84. The molecule has 0 aromatic heterocycles. The van der Waals surface area contributed by atoms with Crippen molar-refractivity contribution in [2.75, 3.05) is 18.6 Å². The zero-order valence-corrected chi connectivity index (χ0v) is 17.9. The van der Waals surface area contributed by atoms with Crippen molar-refractivity contribution >= 4 is 37.6 Å². The van der Waals surface area contributed by atoms with E-state index in [4.69, 9.17) is 0 Å². The first kappa shape index (κ1) is 21.9. The summed E-state index contributed by atoms with van der Waals surface area (Å²) in [5, 5.41) is 5.54. The van der Waals surface area contributed by atoms with Gasteiger partial charge in [0.1, 0.15) is 15.9 Å². The van der Waals surface area contributed by atoms with E-state index in [9.17, 15) is 18.0 Å². The third kappa shape index (κ3) is 7.62. The normalized spacial score (nSPS) is 16.1. The Morgan fingerprint density at radius 1 is 1.22 bits per heavy atom. The lowest BCUT2D eigenvalue weighted by molar-refractivity contribution is -0.123. The second kappa shape index (κ2) is 10.2. The van der Waals surface area contributed by atoms with Gasteiger partial charge in [-0.3, -0.25) is 9.59 Å². The first-order valence-corrected chi connectivity index (χ1v) is 12.1. The van der Waals surface area contributed by atoms with E-state index < -0.39 is 21.8 Å². The zero-order valence-electron chi connectivity index (χ0n) is 15.5. The number of hydrogen-bond acceptors (Lipinski definition) is 4. The van der Waals surface area contributed by atoms with Gasteiger partial charge in [-0.25, -0.2) is 8.42 Å². The molecule has 2 rings (SSSR count). The standard InChI is InChI=1S/C19H27BrN2O4S/c1-27(25,26)13-11-17(19(24)21-12-10-14-6-2-3-7-14)22-18(23)15-8-4-5-9-16(15)20/h4-5,8-9,14,17H,2-3,6-7,10-13H2,1H3,(H,21,24)(H,22,23). The van der Waals surface area contributed by atoms with E-state index >= 15 is 0 Å². The van der Waals surface area contributed by atoms with Gasteiger partial charge < -0.3 is 10.6 Å². The molecule has 150 valence electrons. The highest BCUT2D eigenvalue weighted by molar-refractivity contribution is 9.10. The van der Waals surface area contributed by atoms with Crippen LogP contribution in [0.1, 0.15) is 48.9 Å². The average Bonchev–Trinajstić information content (AvgIpc) is 3.11. The molecule has 0 spiro atoms. The summed E-state index contributed by atoms with van der Waals surface area (Å²) in [5.74, 6) is -0.261. The second-order valence-corrected chi connectivity index (χ2v) is 10.3. The van der Waals surface area contributed by atoms with Crippen molar-refractivity contribution in [1.29, 1.82) is 0 Å². The predicted octanol–water partition coefficient (Wildman–Crippen LogP) is 2.68. The van der Waals surface area contributed by atoms with Gasteiger partial charge in [0.05, 0.1) is 11.3 Å². The van der Waals surface area contributed by atoms with Crippen molar-refractivity contribution in [1.82, 2.24) is 10.6 Å². The molecule has 0 saturated heterocycles. The Morgan fingerprint density at radius 3 is 2.52 bits per heavy atom. The summed E-state index contributed by atoms with van der Waals surface area (Å²) < 4.78 is 23.6. The number of carbonyl (C=O) groups is 2. The number of benzene rings is 1. The van der Waals surface area contributed by atoms with Crippen LogP contribution in [0, 0.1) is 5.92 Å². The fourth-order valence-corrected chi connectivity index (χ4v) is 4.43. The van der Waals surface area contributed by atoms with E-state index in [1.165, 1.54) is 25.7 Å². The van der Waals surface area contributed by atoms with Crippen LogP contribution < -0.4 is 10.6 Å². The minimum atomic E-state index is -3.24. The lowest BCUT2D eigenvalue weighted by Gasteiger charge is -2.19. The predicted molar refractivity (Wildman–Crippen MR) is 109 cm³/mol. The summed E-state index contributed by atoms with van der Waals surface area (Å²) in [7, 11) is -3.24. The van der Waals surface area contributed by atoms with Crippen molar-refractivity contribution in [3.63, 3.8) is 0 Å². The first-order valence-electron chi connectivity index (χ1n) is 9.27. The molecule has 0 radical (unpaired) electrons. The molecule has 1 aromatic rings. The Bertz CT molecular complexity index is 761. The molecule has 0 aliphatic heterocycles. The lowest BCUT2D eigenvalue weighted by Crippen LogP contribution is -2.48. The number of carbonyl (C=O) groups excluding carboxylic acids is 2. The maximum Gasteiger partial charge on any atom is 0.253 e. The van der Waals surface area contributed by atoms with Gasteiger partial charge in [-0.15, -0.1) is 0 Å². The van der Waals surface area contributed by atoms with Crippen LogP contribution in [0.25, 0.3) is 0 Å². The number of nitrogens with one attached hydrogen (secondary N) is 2. The van der Waals surface area contributed by atoms with Crippen molar-refractivity contribution in [3.8, 4) is 0 Å². The average molecular weight is 459 g/mol. The highest BCUT2D eigenvalue weighted by Crippen LogP contribution is 2.26. The van der Waals surface area contributed by atoms with E-state index in [-0.39, 0.29) is 18.1 Å². The largest absolute Gasteiger partial charge is 0.354 e. The van der Waals surface area contributed by atoms with Gasteiger partial charge in [-0.2, -0.15) is 0 Å². The molecular formula is C19H27BrN2O4S. The molecule has 1 atom stereocenters. The molecule has 6 nitrogen and oxygen atoms in total. The molecular weight excluding hydrogens is 432 g/mol. The number of rotatable bonds is 9. The fourth-order valence-electron chi connectivity index (χ4n) is 3.30. The molecule has 1 saturated carbocycles. The Kier molecular flexibility index (Phi) is 8.28. The van der Waals surface area contributed by atoms with E-state index in [0.29, 0.717) is 22.5 Å². The molecule has 1 aliphatic rings. The minimum absolute atomic E-state index is 0.0459. The number of sulfone groups is 1. The van der Waals surface area contributed by atoms with Gasteiger partial charge in [0.15, 0.2) is 0 Å². The zero-order chi connectivity index (χ0) is 19.9. The summed E-state index contributed by atoms with van der Waals surface area (Å²) in [5.41, 5.74) is 0.403. The molecule has 8 heteroatoms. The number of hydrogen-bond donors (Lipinski definition) is 2. The van der Waals surface area contributed by atoms with E-state index in [2.05, 4.69) is 26.6 Å². The molecule has 0 heterocycles. The quantitative estimate of drug-likeness (QED) is 0.594. The van der Waals surface area contributed by atoms with Crippen LogP contribution in [0.3, 0.4) is 0 Å². The molecule has 0 bridgehead atoms. The van der Waals surface area contributed by atoms with Gasteiger partial charge in [0, 0.05) is 17.3 Å². The molecule has 1 aromatic carbocycles. The van der Waals surface area contributed by atoms with E-state index in [1.807, 2.05) is 0 Å². The Hall–Kier alpha value is -1.41. The second-order valence-electron chi connectivity index (χ2n) is 7.15. The highest BCUT2D eigenvalue weighted by atomic mass is 79.9. The lowest BCUT2D eigenvalue weighted by atomic mass is 10.0. The Morgan fingerprint density at radius 2 is 1.89 bits per heavy atom. The van der Waals surface area contributed by atoms with Crippen molar-refractivity contribution in [2.45, 2.75) is 44.6 Å². The van der Waals surface area contributed by atoms with Crippen LogP contribution >= 0.6 is 15.9 Å². The first-order chi connectivity index (χ1) is 12.8. The van der Waals surface area contributed by atoms with Crippen molar-refractivity contribution in [2.24, 2.45) is 5.92 Å². The maximum absolute atomic E-state index is 12.6. The van der Waals surface area contributed by atoms with Crippen LogP contribution in [0.5, 0.6) is 0 Å². The van der Waals surface area contributed by atoms with Crippen LogP contribution in [-0.4, -0.2) is 44.8 Å². The molecule has 27 heavy (non-hydrogen) atoms. The summed E-state index contributed by atoms with van der Waals surface area (Å²) in [6, 6.07) is 6.01.